The molecule has 6 rings (SSSR count). The van der Waals surface area contributed by atoms with Crippen LogP contribution in [0.5, 0.6) is 0 Å². The normalized spacial score (nSPS) is 28.3. The van der Waals surface area contributed by atoms with Crippen molar-refractivity contribution >= 4 is 39.2 Å². The topological polar surface area (TPSA) is 137 Å². The minimum atomic E-state index is -0.463. The number of rotatable bonds is 9. The molecule has 0 spiro atoms. The first-order valence-electron chi connectivity index (χ1n) is 12.7. The molecule has 4 bridgehead atoms. The molecule has 0 aliphatic heterocycles. The van der Waals surface area contributed by atoms with Gasteiger partial charge in [-0.15, -0.1) is 0 Å². The summed E-state index contributed by atoms with van der Waals surface area (Å²) in [5.74, 6) is 0.358. The van der Waals surface area contributed by atoms with Crippen molar-refractivity contribution in [3.63, 3.8) is 0 Å². The third-order valence-corrected chi connectivity index (χ3v) is 8.67. The first kappa shape index (κ1) is 24.9. The Morgan fingerprint density at radius 3 is 2.53 bits per heavy atom. The lowest BCUT2D eigenvalue weighted by Crippen LogP contribution is -2.57. The summed E-state index contributed by atoms with van der Waals surface area (Å²) in [6, 6.07) is 0. The van der Waals surface area contributed by atoms with E-state index in [0.717, 1.165) is 44.9 Å². The van der Waals surface area contributed by atoms with Crippen LogP contribution >= 0.6 is 15.9 Å². The molecule has 2 aromatic heterocycles. The Morgan fingerprint density at radius 2 is 1.92 bits per heavy atom. The molecule has 0 radical (unpaired) electrons. The van der Waals surface area contributed by atoms with E-state index in [0.29, 0.717) is 41.5 Å². The second kappa shape index (κ2) is 9.28. The van der Waals surface area contributed by atoms with Gasteiger partial charge in [0.25, 0.3) is 5.91 Å². The summed E-state index contributed by atoms with van der Waals surface area (Å²) in [5, 5.41) is 25.9. The number of aromatic nitrogens is 4. The maximum Gasteiger partial charge on any atom is 0.404 e. The molecule has 12 heteroatoms. The van der Waals surface area contributed by atoms with E-state index in [1.165, 1.54) is 0 Å². The summed E-state index contributed by atoms with van der Waals surface area (Å²) in [5.41, 5.74) is 0.169. The number of nitrogens with one attached hydrogen (secondary N) is 2. The lowest BCUT2D eigenvalue weighted by molar-refractivity contribution is -0.390. The molecule has 2 heterocycles. The van der Waals surface area contributed by atoms with Gasteiger partial charge in [-0.3, -0.25) is 14.3 Å². The standard InChI is InChI=1S/C24H32BrN7O4/c1-3-5-26-22(34)20-18(13-30(4-2)28-20)27-19(33)11-23-7-15-6-16(8-23)10-24(9-15,14-23)31-12-17(25)21(29-31)32(35)36/h12-13,15-16H,3-11,14H2,1-2H3,(H,26,34)(H,27,33). The number of amides is 2. The van der Waals surface area contributed by atoms with Gasteiger partial charge in [0, 0.05) is 25.7 Å². The van der Waals surface area contributed by atoms with Crippen molar-refractivity contribution in [3.05, 3.63) is 32.7 Å². The first-order valence-corrected chi connectivity index (χ1v) is 13.5. The minimum Gasteiger partial charge on any atom is -0.358 e. The maximum absolute atomic E-state index is 13.4. The average Bonchev–Trinajstić information content (AvgIpc) is 3.40. The van der Waals surface area contributed by atoms with Crippen LogP contribution in [-0.4, -0.2) is 42.8 Å². The molecule has 4 aliphatic carbocycles. The van der Waals surface area contributed by atoms with E-state index < -0.39 is 4.92 Å². The fourth-order valence-electron chi connectivity index (χ4n) is 7.29. The lowest BCUT2D eigenvalue weighted by atomic mass is 9.46. The first-order chi connectivity index (χ1) is 17.2. The van der Waals surface area contributed by atoms with Crippen molar-refractivity contribution in [3.8, 4) is 0 Å². The fourth-order valence-corrected chi connectivity index (χ4v) is 7.71. The molecule has 4 fully saturated rings. The highest BCUT2D eigenvalue weighted by atomic mass is 79.9. The van der Waals surface area contributed by atoms with E-state index in [-0.39, 0.29) is 34.3 Å². The highest BCUT2D eigenvalue weighted by Crippen LogP contribution is 2.65. The van der Waals surface area contributed by atoms with Gasteiger partial charge < -0.3 is 20.7 Å². The predicted molar refractivity (Wildman–Crippen MR) is 135 cm³/mol. The number of carbonyl (C=O) groups excluding carboxylic acids is 2. The summed E-state index contributed by atoms with van der Waals surface area (Å²) < 4.78 is 3.84. The Bertz CT molecular complexity index is 1190. The smallest absolute Gasteiger partial charge is 0.358 e. The van der Waals surface area contributed by atoms with Crippen LogP contribution in [0, 0.1) is 27.4 Å². The lowest BCUT2D eigenvalue weighted by Gasteiger charge is -2.61. The van der Waals surface area contributed by atoms with Crippen molar-refractivity contribution in [2.24, 2.45) is 17.3 Å². The second-order valence-electron chi connectivity index (χ2n) is 10.9. The SMILES string of the molecule is CCCNC(=O)c1nn(CC)cc1NC(=O)CC12CC3CC(C1)CC(n1cc(Br)c([N+](=O)[O-])n1)(C3)C2. The van der Waals surface area contributed by atoms with Crippen LogP contribution in [0.25, 0.3) is 0 Å². The number of hydrogen-bond acceptors (Lipinski definition) is 6. The van der Waals surface area contributed by atoms with Crippen LogP contribution in [0.2, 0.25) is 0 Å². The summed E-state index contributed by atoms with van der Waals surface area (Å²) in [7, 11) is 0. The Kier molecular flexibility index (Phi) is 6.42. The molecular formula is C24H32BrN7O4. The van der Waals surface area contributed by atoms with Gasteiger partial charge in [-0.25, -0.2) is 0 Å². The predicted octanol–water partition coefficient (Wildman–Crippen LogP) is 4.23. The number of anilines is 1. The molecule has 11 nitrogen and oxygen atoms in total. The largest absolute Gasteiger partial charge is 0.404 e. The molecule has 2 unspecified atom stereocenters. The Labute approximate surface area is 217 Å². The van der Waals surface area contributed by atoms with Crippen LogP contribution in [0.1, 0.15) is 75.7 Å². The average molecular weight is 562 g/mol. The van der Waals surface area contributed by atoms with Crippen LogP contribution in [0.15, 0.2) is 16.9 Å². The van der Waals surface area contributed by atoms with Crippen molar-refractivity contribution in [2.45, 2.75) is 77.3 Å². The zero-order chi connectivity index (χ0) is 25.7. The third kappa shape index (κ3) is 4.44. The van der Waals surface area contributed by atoms with Gasteiger partial charge in [-0.2, -0.15) is 9.78 Å². The van der Waals surface area contributed by atoms with E-state index in [1.54, 1.807) is 21.8 Å². The summed E-state index contributed by atoms with van der Waals surface area (Å²) in [4.78, 5) is 36.9. The van der Waals surface area contributed by atoms with Gasteiger partial charge in [-0.05, 0) is 90.0 Å². The Balaban J connectivity index is 1.36. The zero-order valence-corrected chi connectivity index (χ0v) is 22.2. The fraction of sp³-hybridized carbons (Fsp3) is 0.667. The van der Waals surface area contributed by atoms with Crippen molar-refractivity contribution in [1.82, 2.24) is 24.9 Å². The van der Waals surface area contributed by atoms with Gasteiger partial charge in [0.2, 0.25) is 5.91 Å². The van der Waals surface area contributed by atoms with E-state index in [1.807, 2.05) is 13.8 Å². The van der Waals surface area contributed by atoms with Crippen LogP contribution in [-0.2, 0) is 16.9 Å². The van der Waals surface area contributed by atoms with E-state index in [4.69, 9.17) is 0 Å². The molecule has 0 aromatic carbocycles. The molecule has 4 saturated carbocycles. The van der Waals surface area contributed by atoms with Crippen molar-refractivity contribution < 1.29 is 14.5 Å². The van der Waals surface area contributed by atoms with Gasteiger partial charge >= 0.3 is 5.82 Å². The monoisotopic (exact) mass is 561 g/mol. The van der Waals surface area contributed by atoms with E-state index in [9.17, 15) is 19.7 Å². The molecule has 194 valence electrons. The highest BCUT2D eigenvalue weighted by Gasteiger charge is 2.60. The van der Waals surface area contributed by atoms with E-state index >= 15 is 0 Å². The van der Waals surface area contributed by atoms with Crippen LogP contribution in [0.4, 0.5) is 11.5 Å². The third-order valence-electron chi connectivity index (χ3n) is 8.11. The minimum absolute atomic E-state index is 0.125. The molecule has 2 atom stereocenters. The second-order valence-corrected chi connectivity index (χ2v) is 11.8. The molecule has 2 N–H and O–H groups in total. The molecular weight excluding hydrogens is 530 g/mol. The van der Waals surface area contributed by atoms with E-state index in [2.05, 4.69) is 36.8 Å². The number of halogens is 1. The Morgan fingerprint density at radius 1 is 1.19 bits per heavy atom. The summed E-state index contributed by atoms with van der Waals surface area (Å²) in [6.07, 6.45) is 10.3. The van der Waals surface area contributed by atoms with Gasteiger partial charge in [0.15, 0.2) is 5.69 Å². The number of nitrogens with zero attached hydrogens (tertiary/aromatic N) is 5. The molecule has 4 aliphatic rings. The summed E-state index contributed by atoms with van der Waals surface area (Å²) in [6.45, 7) is 5.04. The molecule has 0 saturated heterocycles. The zero-order valence-electron chi connectivity index (χ0n) is 20.6. The van der Waals surface area contributed by atoms with Gasteiger partial charge in [-0.1, -0.05) is 6.92 Å². The number of nitro groups is 1. The van der Waals surface area contributed by atoms with Crippen molar-refractivity contribution in [2.75, 3.05) is 11.9 Å². The van der Waals surface area contributed by atoms with Gasteiger partial charge in [0.1, 0.15) is 4.47 Å². The number of carbonyl (C=O) groups is 2. The van der Waals surface area contributed by atoms with Crippen LogP contribution < -0.4 is 10.6 Å². The number of hydrogen-bond donors (Lipinski definition) is 2. The summed E-state index contributed by atoms with van der Waals surface area (Å²) >= 11 is 3.30. The highest BCUT2D eigenvalue weighted by molar-refractivity contribution is 9.10. The number of aryl methyl sites for hydroxylation is 1. The molecule has 2 aromatic rings. The maximum atomic E-state index is 13.4. The van der Waals surface area contributed by atoms with Crippen LogP contribution in [0.3, 0.4) is 0 Å². The molecule has 36 heavy (non-hydrogen) atoms. The van der Waals surface area contributed by atoms with Gasteiger partial charge in [0.05, 0.1) is 22.5 Å². The quantitative estimate of drug-likeness (QED) is 0.347. The van der Waals surface area contributed by atoms with Crippen molar-refractivity contribution in [1.29, 1.82) is 0 Å². The molecule has 2 amide bonds. The Hall–Kier alpha value is -2.76.